The summed E-state index contributed by atoms with van der Waals surface area (Å²) < 4.78 is 15.3. The number of ether oxygens (including phenoxy) is 3. The van der Waals surface area contributed by atoms with Crippen LogP contribution in [0.15, 0.2) is 24.5 Å². The molecule has 0 spiro atoms. The van der Waals surface area contributed by atoms with Gasteiger partial charge in [0, 0.05) is 5.57 Å². The maximum atomic E-state index is 11.0. The van der Waals surface area contributed by atoms with Crippen LogP contribution >= 0.6 is 0 Å². The Hall–Kier alpha value is -1.29. The molecule has 0 bridgehead atoms. The molecule has 0 rings (SSSR count). The van der Waals surface area contributed by atoms with Gasteiger partial charge in [-0.3, -0.25) is 0 Å². The van der Waals surface area contributed by atoms with Gasteiger partial charge in [0.05, 0.1) is 19.0 Å². The lowest BCUT2D eigenvalue weighted by atomic mass is 10.2. The third kappa shape index (κ3) is 11.2. The van der Waals surface area contributed by atoms with Crippen LogP contribution < -0.4 is 0 Å². The molecule has 0 aromatic heterocycles. The fourth-order valence-electron chi connectivity index (χ4n) is 1.15. The number of allylic oxidation sites excluding steroid dienone is 1. The van der Waals surface area contributed by atoms with Crippen LogP contribution in [0.4, 0.5) is 0 Å². The smallest absolute Gasteiger partial charge is 0.333 e. The predicted octanol–water partition coefficient (Wildman–Crippen LogP) is 3.19. The minimum atomic E-state index is -0.310. The van der Waals surface area contributed by atoms with Crippen molar-refractivity contribution in [2.75, 3.05) is 20.0 Å². The van der Waals surface area contributed by atoms with Gasteiger partial charge in [0.2, 0.25) is 0 Å². The highest BCUT2D eigenvalue weighted by atomic mass is 16.7. The van der Waals surface area contributed by atoms with Gasteiger partial charge in [-0.05, 0) is 33.1 Å². The molecule has 0 aliphatic carbocycles. The number of hydrogen-bond acceptors (Lipinski definition) is 4. The molecule has 0 radical (unpaired) electrons. The second-order valence-electron chi connectivity index (χ2n) is 4.20. The lowest BCUT2D eigenvalue weighted by Gasteiger charge is -2.06. The summed E-state index contributed by atoms with van der Waals surface area (Å²) in [6, 6.07) is 0. The highest BCUT2D eigenvalue weighted by molar-refractivity contribution is 5.86. The maximum Gasteiger partial charge on any atom is 0.333 e. The summed E-state index contributed by atoms with van der Waals surface area (Å²) in [5.41, 5.74) is 0.445. The van der Waals surface area contributed by atoms with Gasteiger partial charge in [0.15, 0.2) is 6.79 Å². The minimum absolute atomic E-state index is 0.269. The Morgan fingerprint density at radius 1 is 0.944 bits per heavy atom. The lowest BCUT2D eigenvalue weighted by Crippen LogP contribution is -2.06. The molecule has 0 amide bonds. The number of carbonyl (C=O) groups is 1. The van der Waals surface area contributed by atoms with Crippen molar-refractivity contribution in [2.45, 2.75) is 39.5 Å². The summed E-state index contributed by atoms with van der Waals surface area (Å²) in [6.45, 7) is 12.0. The molecule has 0 fully saturated rings. The molecule has 104 valence electrons. The van der Waals surface area contributed by atoms with Crippen LogP contribution in [-0.4, -0.2) is 26.0 Å². The van der Waals surface area contributed by atoms with Crippen LogP contribution in [0.3, 0.4) is 0 Å². The first-order chi connectivity index (χ1) is 8.54. The SMILES string of the molecule is C=C(C)OCOCCCCCCOC(=O)C(=C)C. The summed E-state index contributed by atoms with van der Waals surface area (Å²) in [5.74, 6) is 0.351. The molecule has 0 N–H and O–H groups in total. The summed E-state index contributed by atoms with van der Waals surface area (Å²) in [4.78, 5) is 11.0. The van der Waals surface area contributed by atoms with E-state index < -0.39 is 0 Å². The fraction of sp³-hybridized carbons (Fsp3) is 0.643. The fourth-order valence-corrected chi connectivity index (χ4v) is 1.15. The monoisotopic (exact) mass is 256 g/mol. The normalized spacial score (nSPS) is 9.89. The van der Waals surface area contributed by atoms with E-state index in [-0.39, 0.29) is 12.8 Å². The van der Waals surface area contributed by atoms with Crippen molar-refractivity contribution < 1.29 is 19.0 Å². The van der Waals surface area contributed by atoms with E-state index in [9.17, 15) is 4.79 Å². The Kier molecular flexibility index (Phi) is 10.1. The Balaban J connectivity index is 3.14. The zero-order valence-corrected chi connectivity index (χ0v) is 11.5. The molecule has 0 saturated carbocycles. The molecule has 0 aliphatic heterocycles. The van der Waals surface area contributed by atoms with Crippen molar-refractivity contribution in [1.82, 2.24) is 0 Å². The molecule has 18 heavy (non-hydrogen) atoms. The third-order valence-corrected chi connectivity index (χ3v) is 2.15. The lowest BCUT2D eigenvalue weighted by molar-refractivity contribution is -0.139. The molecule has 4 heteroatoms. The van der Waals surface area contributed by atoms with Crippen molar-refractivity contribution in [2.24, 2.45) is 0 Å². The van der Waals surface area contributed by atoms with Gasteiger partial charge in [0.25, 0.3) is 0 Å². The van der Waals surface area contributed by atoms with Crippen molar-refractivity contribution in [3.8, 4) is 0 Å². The number of unbranched alkanes of at least 4 members (excludes halogenated alkanes) is 3. The van der Waals surface area contributed by atoms with Gasteiger partial charge in [-0.1, -0.05) is 19.6 Å². The van der Waals surface area contributed by atoms with E-state index in [1.54, 1.807) is 13.8 Å². The molecular formula is C14H24O4. The van der Waals surface area contributed by atoms with Gasteiger partial charge in [-0.25, -0.2) is 4.79 Å². The van der Waals surface area contributed by atoms with Crippen molar-refractivity contribution in [3.05, 3.63) is 24.5 Å². The highest BCUT2D eigenvalue weighted by Crippen LogP contribution is 2.02. The van der Waals surface area contributed by atoms with Crippen LogP contribution in [0, 0.1) is 0 Å². The molecule has 0 aromatic carbocycles. The first kappa shape index (κ1) is 16.7. The topological polar surface area (TPSA) is 44.8 Å². The number of hydrogen-bond donors (Lipinski definition) is 0. The molecule has 0 unspecified atom stereocenters. The van der Waals surface area contributed by atoms with Crippen LogP contribution in [0.2, 0.25) is 0 Å². The molecule has 4 nitrogen and oxygen atoms in total. The molecule has 0 atom stereocenters. The van der Waals surface area contributed by atoms with E-state index in [1.165, 1.54) is 0 Å². The molecule has 0 aliphatic rings. The van der Waals surface area contributed by atoms with Crippen LogP contribution in [0.5, 0.6) is 0 Å². The predicted molar refractivity (Wildman–Crippen MR) is 71.0 cm³/mol. The van der Waals surface area contributed by atoms with Gasteiger partial charge < -0.3 is 14.2 Å². The number of carbonyl (C=O) groups excluding carboxylic acids is 1. The van der Waals surface area contributed by atoms with E-state index >= 15 is 0 Å². The molecule has 0 aromatic rings. The van der Waals surface area contributed by atoms with E-state index in [1.807, 2.05) is 0 Å². The van der Waals surface area contributed by atoms with Gasteiger partial charge in [-0.2, -0.15) is 0 Å². The Morgan fingerprint density at radius 2 is 1.56 bits per heavy atom. The first-order valence-electron chi connectivity index (χ1n) is 6.22. The van der Waals surface area contributed by atoms with Gasteiger partial charge in [-0.15, -0.1) is 0 Å². The number of rotatable bonds is 11. The summed E-state index contributed by atoms with van der Waals surface area (Å²) in [7, 11) is 0. The highest BCUT2D eigenvalue weighted by Gasteiger charge is 2.01. The van der Waals surface area contributed by atoms with Gasteiger partial charge in [0.1, 0.15) is 0 Å². The Labute approximate surface area is 110 Å². The minimum Gasteiger partial charge on any atom is -0.473 e. The molecule has 0 heterocycles. The Bertz CT molecular complexity index is 271. The quantitative estimate of drug-likeness (QED) is 0.187. The summed E-state index contributed by atoms with van der Waals surface area (Å²) >= 11 is 0. The summed E-state index contributed by atoms with van der Waals surface area (Å²) in [6.07, 6.45) is 3.93. The van der Waals surface area contributed by atoms with E-state index in [4.69, 9.17) is 14.2 Å². The first-order valence-corrected chi connectivity index (χ1v) is 6.22. The average molecular weight is 256 g/mol. The van der Waals surface area contributed by atoms with Crippen molar-refractivity contribution >= 4 is 5.97 Å². The second-order valence-corrected chi connectivity index (χ2v) is 4.20. The standard InChI is InChI=1S/C14H24O4/c1-12(2)14(15)17-10-8-6-5-7-9-16-11-18-13(3)4/h1,3,5-11H2,2,4H3. The van der Waals surface area contributed by atoms with Crippen LogP contribution in [0.25, 0.3) is 0 Å². The van der Waals surface area contributed by atoms with Crippen LogP contribution in [-0.2, 0) is 19.0 Å². The summed E-state index contributed by atoms with van der Waals surface area (Å²) in [5, 5.41) is 0. The Morgan fingerprint density at radius 3 is 2.11 bits per heavy atom. The van der Waals surface area contributed by atoms with Gasteiger partial charge >= 0.3 is 5.97 Å². The zero-order chi connectivity index (χ0) is 13.8. The van der Waals surface area contributed by atoms with Crippen LogP contribution in [0.1, 0.15) is 39.5 Å². The van der Waals surface area contributed by atoms with E-state index in [0.717, 1.165) is 25.7 Å². The third-order valence-electron chi connectivity index (χ3n) is 2.15. The molecular weight excluding hydrogens is 232 g/mol. The zero-order valence-electron chi connectivity index (χ0n) is 11.5. The molecule has 0 saturated heterocycles. The maximum absolute atomic E-state index is 11.0. The van der Waals surface area contributed by atoms with Crippen molar-refractivity contribution in [1.29, 1.82) is 0 Å². The largest absolute Gasteiger partial charge is 0.473 e. The second kappa shape index (κ2) is 10.8. The van der Waals surface area contributed by atoms with E-state index in [2.05, 4.69) is 13.2 Å². The van der Waals surface area contributed by atoms with Crippen molar-refractivity contribution in [3.63, 3.8) is 0 Å². The average Bonchev–Trinajstić information content (AvgIpc) is 2.30. The van der Waals surface area contributed by atoms with E-state index in [0.29, 0.717) is 24.5 Å². The number of esters is 1.